The molecule has 0 unspecified atom stereocenters. The van der Waals surface area contributed by atoms with Gasteiger partial charge >= 0.3 is 0 Å². The van der Waals surface area contributed by atoms with Crippen molar-refractivity contribution < 1.29 is 9.18 Å². The molecule has 0 fully saturated rings. The summed E-state index contributed by atoms with van der Waals surface area (Å²) in [6.07, 6.45) is 6.61. The Kier molecular flexibility index (Phi) is 9.52. The number of anilines is 1. The highest BCUT2D eigenvalue weighted by Crippen LogP contribution is 2.22. The van der Waals surface area contributed by atoms with E-state index in [0.717, 1.165) is 30.6 Å². The van der Waals surface area contributed by atoms with Crippen LogP contribution in [0.5, 0.6) is 0 Å². The maximum atomic E-state index is 13.6. The molecule has 3 N–H and O–H groups in total. The third kappa shape index (κ3) is 6.95. The van der Waals surface area contributed by atoms with E-state index in [0.29, 0.717) is 30.1 Å². The van der Waals surface area contributed by atoms with Crippen LogP contribution in [-0.4, -0.2) is 17.4 Å². The van der Waals surface area contributed by atoms with Crippen molar-refractivity contribution in [3.63, 3.8) is 0 Å². The predicted octanol–water partition coefficient (Wildman–Crippen LogP) is 4.14. The Morgan fingerprint density at radius 1 is 1.21 bits per heavy atom. The van der Waals surface area contributed by atoms with Gasteiger partial charge in [-0.1, -0.05) is 31.0 Å². The van der Waals surface area contributed by atoms with Crippen LogP contribution in [0.15, 0.2) is 30.5 Å². The lowest BCUT2D eigenvalue weighted by Gasteiger charge is -2.02. The average molecular weight is 372 g/mol. The van der Waals surface area contributed by atoms with Crippen LogP contribution in [0, 0.1) is 5.82 Å². The smallest absolute Gasteiger partial charge is 0.226 e. The summed E-state index contributed by atoms with van der Waals surface area (Å²) in [7, 11) is 0. The second-order valence-corrected chi connectivity index (χ2v) is 6.52. The van der Waals surface area contributed by atoms with Crippen molar-refractivity contribution >= 4 is 34.8 Å². The van der Waals surface area contributed by atoms with Crippen LogP contribution in [0.2, 0.25) is 0 Å². The maximum Gasteiger partial charge on any atom is 0.226 e. The molecule has 0 aliphatic heterocycles. The highest BCUT2D eigenvalue weighted by atomic mass is 35.5. The first-order chi connectivity index (χ1) is 11.2. The average Bonchev–Trinajstić information content (AvgIpc) is 2.96. The molecule has 1 aromatic carbocycles. The van der Waals surface area contributed by atoms with Crippen LogP contribution in [0.4, 0.5) is 9.52 Å². The van der Waals surface area contributed by atoms with E-state index in [9.17, 15) is 9.18 Å². The molecule has 0 atom stereocenters. The number of nitrogens with one attached hydrogen (secondary N) is 1. The van der Waals surface area contributed by atoms with E-state index in [1.54, 1.807) is 18.3 Å². The van der Waals surface area contributed by atoms with Gasteiger partial charge in [0.2, 0.25) is 5.91 Å². The molecule has 2 aromatic rings. The van der Waals surface area contributed by atoms with Gasteiger partial charge in [-0.3, -0.25) is 4.79 Å². The fourth-order valence-corrected chi connectivity index (χ4v) is 3.09. The molecular weight excluding hydrogens is 349 g/mol. The summed E-state index contributed by atoms with van der Waals surface area (Å²) in [6, 6.07) is 6.69. The fraction of sp³-hybridized carbons (Fsp3) is 0.412. The van der Waals surface area contributed by atoms with Gasteiger partial charge in [0.1, 0.15) is 5.82 Å². The molecule has 1 heterocycles. The summed E-state index contributed by atoms with van der Waals surface area (Å²) in [5.41, 5.74) is 6.06. The van der Waals surface area contributed by atoms with E-state index in [2.05, 4.69) is 10.3 Å². The van der Waals surface area contributed by atoms with E-state index < -0.39 is 0 Å². The van der Waals surface area contributed by atoms with Crippen LogP contribution in [0.25, 0.3) is 0 Å². The number of thiazole rings is 1. The molecule has 0 saturated carbocycles. The number of hydrogen-bond acceptors (Lipinski definition) is 4. The molecule has 2 rings (SSSR count). The van der Waals surface area contributed by atoms with Crippen molar-refractivity contribution in [3.05, 3.63) is 46.7 Å². The molecule has 0 spiro atoms. The number of rotatable bonds is 9. The van der Waals surface area contributed by atoms with Crippen molar-refractivity contribution in [3.8, 4) is 0 Å². The summed E-state index contributed by atoms with van der Waals surface area (Å²) in [5, 5.41) is 3.38. The number of nitrogens with zero attached hydrogens (tertiary/aromatic N) is 1. The van der Waals surface area contributed by atoms with Crippen molar-refractivity contribution in [1.29, 1.82) is 0 Å². The standard InChI is InChI=1S/C17H22FN3OS.ClH/c18-15-8-5-4-7-13(15)11-14-12-20-17(23-14)21-16(22)9-3-1-2-6-10-19;/h4-5,7-8,12H,1-3,6,9-11,19H2,(H,20,21,22);1H. The highest BCUT2D eigenvalue weighted by molar-refractivity contribution is 7.15. The molecule has 1 aromatic heterocycles. The van der Waals surface area contributed by atoms with Crippen LogP contribution >= 0.6 is 23.7 Å². The van der Waals surface area contributed by atoms with Crippen LogP contribution < -0.4 is 11.1 Å². The number of unbranched alkanes of at least 4 members (excludes halogenated alkanes) is 3. The van der Waals surface area contributed by atoms with Gasteiger partial charge in [0.25, 0.3) is 0 Å². The summed E-state index contributed by atoms with van der Waals surface area (Å²) in [5.74, 6) is -0.242. The minimum absolute atomic E-state index is 0. The summed E-state index contributed by atoms with van der Waals surface area (Å²) < 4.78 is 13.6. The lowest BCUT2D eigenvalue weighted by molar-refractivity contribution is -0.116. The number of hydrogen-bond donors (Lipinski definition) is 2. The Morgan fingerprint density at radius 2 is 1.96 bits per heavy atom. The lowest BCUT2D eigenvalue weighted by atomic mass is 10.1. The van der Waals surface area contributed by atoms with Gasteiger partial charge in [-0.05, 0) is 31.0 Å². The highest BCUT2D eigenvalue weighted by Gasteiger charge is 2.09. The van der Waals surface area contributed by atoms with Crippen LogP contribution in [0.1, 0.15) is 42.5 Å². The number of nitrogens with two attached hydrogens (primary N) is 1. The monoisotopic (exact) mass is 371 g/mol. The quantitative estimate of drug-likeness (QED) is 0.651. The summed E-state index contributed by atoms with van der Waals surface area (Å²) in [4.78, 5) is 16.9. The van der Waals surface area contributed by atoms with E-state index in [1.165, 1.54) is 17.4 Å². The number of halogens is 2. The minimum atomic E-state index is -0.219. The van der Waals surface area contributed by atoms with Gasteiger partial charge in [0, 0.05) is 23.9 Å². The minimum Gasteiger partial charge on any atom is -0.330 e. The fourth-order valence-electron chi connectivity index (χ4n) is 2.24. The Hall–Kier alpha value is -1.50. The van der Waals surface area contributed by atoms with Gasteiger partial charge in [-0.25, -0.2) is 9.37 Å². The number of carbonyl (C=O) groups is 1. The Balaban J connectivity index is 0.00000288. The molecule has 0 saturated heterocycles. The molecule has 0 aliphatic carbocycles. The van der Waals surface area contributed by atoms with Gasteiger partial charge < -0.3 is 11.1 Å². The van der Waals surface area contributed by atoms with Gasteiger partial charge in [-0.15, -0.1) is 23.7 Å². The van der Waals surface area contributed by atoms with Gasteiger partial charge in [0.15, 0.2) is 5.13 Å². The van der Waals surface area contributed by atoms with Crippen LogP contribution in [0.3, 0.4) is 0 Å². The number of benzene rings is 1. The molecule has 0 bridgehead atoms. The van der Waals surface area contributed by atoms with Crippen LogP contribution in [-0.2, 0) is 11.2 Å². The summed E-state index contributed by atoms with van der Waals surface area (Å²) in [6.45, 7) is 0.704. The second kappa shape index (κ2) is 11.1. The lowest BCUT2D eigenvalue weighted by Crippen LogP contribution is -2.10. The maximum absolute atomic E-state index is 13.6. The molecular formula is C17H23ClFN3OS. The van der Waals surface area contributed by atoms with Crippen molar-refractivity contribution in [2.24, 2.45) is 5.73 Å². The first-order valence-electron chi connectivity index (χ1n) is 7.87. The molecule has 24 heavy (non-hydrogen) atoms. The first-order valence-corrected chi connectivity index (χ1v) is 8.68. The van der Waals surface area contributed by atoms with E-state index in [-0.39, 0.29) is 24.1 Å². The first kappa shape index (κ1) is 20.5. The van der Waals surface area contributed by atoms with Crippen molar-refractivity contribution in [2.45, 2.75) is 38.5 Å². The molecule has 0 radical (unpaired) electrons. The zero-order valence-corrected chi connectivity index (χ0v) is 15.1. The predicted molar refractivity (Wildman–Crippen MR) is 99.3 cm³/mol. The number of aromatic nitrogens is 1. The third-order valence-corrected chi connectivity index (χ3v) is 4.39. The molecule has 7 heteroatoms. The van der Waals surface area contributed by atoms with E-state index in [1.807, 2.05) is 6.07 Å². The second-order valence-electron chi connectivity index (χ2n) is 5.40. The normalized spacial score (nSPS) is 10.2. The largest absolute Gasteiger partial charge is 0.330 e. The molecule has 0 aliphatic rings. The van der Waals surface area contributed by atoms with E-state index in [4.69, 9.17) is 5.73 Å². The Labute approximate surface area is 152 Å². The van der Waals surface area contributed by atoms with Crippen molar-refractivity contribution in [1.82, 2.24) is 4.98 Å². The number of amides is 1. The third-order valence-electron chi connectivity index (χ3n) is 3.48. The Morgan fingerprint density at radius 3 is 2.71 bits per heavy atom. The van der Waals surface area contributed by atoms with Crippen molar-refractivity contribution in [2.75, 3.05) is 11.9 Å². The molecule has 4 nitrogen and oxygen atoms in total. The van der Waals surface area contributed by atoms with Gasteiger partial charge in [0.05, 0.1) is 0 Å². The Bertz CT molecular complexity index is 636. The summed E-state index contributed by atoms with van der Waals surface area (Å²) >= 11 is 1.39. The zero-order valence-electron chi connectivity index (χ0n) is 13.5. The SMILES string of the molecule is Cl.NCCCCCCC(=O)Nc1ncc(Cc2ccccc2F)s1. The number of carbonyl (C=O) groups excluding carboxylic acids is 1. The molecule has 132 valence electrons. The molecule has 1 amide bonds. The topological polar surface area (TPSA) is 68.0 Å². The zero-order chi connectivity index (χ0) is 16.5. The van der Waals surface area contributed by atoms with Gasteiger partial charge in [-0.2, -0.15) is 0 Å². The van der Waals surface area contributed by atoms with E-state index >= 15 is 0 Å².